The van der Waals surface area contributed by atoms with Crippen molar-refractivity contribution in [1.29, 1.82) is 0 Å². The first-order valence-corrected chi connectivity index (χ1v) is 9.32. The average molecular weight is 457 g/mol. The number of urea groups is 1. The van der Waals surface area contributed by atoms with Crippen molar-refractivity contribution in [3.63, 3.8) is 0 Å². The van der Waals surface area contributed by atoms with Crippen LogP contribution in [0, 0.1) is 0 Å². The third kappa shape index (κ3) is 4.38. The van der Waals surface area contributed by atoms with Gasteiger partial charge in [0, 0.05) is 4.47 Å². The summed E-state index contributed by atoms with van der Waals surface area (Å²) >= 11 is 3.31. The van der Waals surface area contributed by atoms with Crippen molar-refractivity contribution in [3.8, 4) is 11.5 Å². The first kappa shape index (κ1) is 20.3. The summed E-state index contributed by atoms with van der Waals surface area (Å²) in [5.41, 5.74) is 0.701. The Balaban J connectivity index is 1.97. The smallest absolute Gasteiger partial charge is 0.335 e. The van der Waals surface area contributed by atoms with Crippen LogP contribution >= 0.6 is 15.9 Å². The van der Waals surface area contributed by atoms with E-state index in [1.165, 1.54) is 13.2 Å². The molecule has 8 heteroatoms. The zero-order valence-electron chi connectivity index (χ0n) is 15.5. The third-order valence-corrected chi connectivity index (χ3v) is 4.52. The highest BCUT2D eigenvalue weighted by atomic mass is 79.9. The van der Waals surface area contributed by atoms with Crippen molar-refractivity contribution >= 4 is 45.5 Å². The van der Waals surface area contributed by atoms with Crippen LogP contribution in [-0.4, -0.2) is 31.6 Å². The van der Waals surface area contributed by atoms with Gasteiger partial charge in [0.2, 0.25) is 0 Å². The molecule has 1 N–H and O–H groups in total. The Hall–Kier alpha value is -3.39. The molecule has 2 aromatic rings. The van der Waals surface area contributed by atoms with Gasteiger partial charge in [0.1, 0.15) is 12.2 Å². The van der Waals surface area contributed by atoms with Gasteiger partial charge in [0.05, 0.1) is 12.8 Å². The first-order chi connectivity index (χ1) is 13.9. The number of benzene rings is 2. The van der Waals surface area contributed by atoms with E-state index >= 15 is 0 Å². The molecule has 0 atom stereocenters. The van der Waals surface area contributed by atoms with E-state index in [0.29, 0.717) is 33.8 Å². The summed E-state index contributed by atoms with van der Waals surface area (Å²) in [7, 11) is 1.49. The maximum absolute atomic E-state index is 12.9. The molecular formula is C21H17BrN2O5. The van der Waals surface area contributed by atoms with E-state index in [4.69, 9.17) is 9.47 Å². The molecule has 0 aliphatic carbocycles. The number of hydrogen-bond acceptors (Lipinski definition) is 5. The number of ether oxygens (including phenoxy) is 2. The van der Waals surface area contributed by atoms with Gasteiger partial charge in [-0.15, -0.1) is 0 Å². The Morgan fingerprint density at radius 3 is 2.62 bits per heavy atom. The minimum Gasteiger partial charge on any atom is -0.493 e. The average Bonchev–Trinajstić information content (AvgIpc) is 2.69. The fourth-order valence-corrected chi connectivity index (χ4v) is 3.10. The number of nitrogens with zero attached hydrogens (tertiary/aromatic N) is 1. The van der Waals surface area contributed by atoms with Gasteiger partial charge in [-0.2, -0.15) is 0 Å². The fraction of sp³-hybridized carbons (Fsp3) is 0.0952. The number of rotatable bonds is 6. The van der Waals surface area contributed by atoms with E-state index in [1.54, 1.807) is 48.5 Å². The van der Waals surface area contributed by atoms with E-state index in [-0.39, 0.29) is 5.57 Å². The summed E-state index contributed by atoms with van der Waals surface area (Å²) < 4.78 is 11.5. The van der Waals surface area contributed by atoms with Crippen molar-refractivity contribution in [2.45, 2.75) is 0 Å². The lowest BCUT2D eigenvalue weighted by molar-refractivity contribution is -0.122. The lowest BCUT2D eigenvalue weighted by Gasteiger charge is -2.26. The molecule has 0 saturated carbocycles. The van der Waals surface area contributed by atoms with Crippen LogP contribution in [0.4, 0.5) is 10.5 Å². The van der Waals surface area contributed by atoms with Gasteiger partial charge in [0.25, 0.3) is 11.8 Å². The van der Waals surface area contributed by atoms with Crippen LogP contribution in [0.5, 0.6) is 11.5 Å². The van der Waals surface area contributed by atoms with E-state index in [2.05, 4.69) is 27.8 Å². The minimum absolute atomic E-state index is 0.175. The molecule has 148 valence electrons. The second-order valence-corrected chi connectivity index (χ2v) is 6.86. The van der Waals surface area contributed by atoms with Crippen molar-refractivity contribution in [2.24, 2.45) is 0 Å². The Morgan fingerprint density at radius 1 is 1.14 bits per heavy atom. The van der Waals surface area contributed by atoms with Crippen molar-refractivity contribution in [3.05, 3.63) is 70.7 Å². The predicted molar refractivity (Wildman–Crippen MR) is 112 cm³/mol. The number of methoxy groups -OCH3 is 1. The largest absolute Gasteiger partial charge is 0.493 e. The fourth-order valence-electron chi connectivity index (χ4n) is 2.72. The summed E-state index contributed by atoms with van der Waals surface area (Å²) in [6, 6.07) is 10.8. The molecule has 0 unspecified atom stereocenters. The highest BCUT2D eigenvalue weighted by molar-refractivity contribution is 9.10. The number of nitrogens with one attached hydrogen (secondary N) is 1. The normalized spacial score (nSPS) is 15.3. The lowest BCUT2D eigenvalue weighted by atomic mass is 10.1. The molecule has 29 heavy (non-hydrogen) atoms. The summed E-state index contributed by atoms with van der Waals surface area (Å²) in [6.07, 6.45) is 3.00. The summed E-state index contributed by atoms with van der Waals surface area (Å²) in [4.78, 5) is 38.4. The molecule has 7 nitrogen and oxygen atoms in total. The van der Waals surface area contributed by atoms with E-state index in [9.17, 15) is 14.4 Å². The van der Waals surface area contributed by atoms with Gasteiger partial charge < -0.3 is 9.47 Å². The summed E-state index contributed by atoms with van der Waals surface area (Å²) in [5.74, 6) is -0.551. The van der Waals surface area contributed by atoms with Gasteiger partial charge in [0.15, 0.2) is 11.5 Å². The maximum Gasteiger partial charge on any atom is 0.335 e. The number of imide groups is 2. The molecule has 1 fully saturated rings. The Bertz CT molecular complexity index is 1030. The van der Waals surface area contributed by atoms with E-state index in [0.717, 1.165) is 4.90 Å². The van der Waals surface area contributed by atoms with Crippen LogP contribution < -0.4 is 19.7 Å². The Labute approximate surface area is 175 Å². The van der Waals surface area contributed by atoms with Gasteiger partial charge in [-0.3, -0.25) is 14.9 Å². The lowest BCUT2D eigenvalue weighted by Crippen LogP contribution is -2.54. The highest BCUT2D eigenvalue weighted by Crippen LogP contribution is 2.30. The quantitative estimate of drug-likeness (QED) is 0.407. The van der Waals surface area contributed by atoms with Gasteiger partial charge >= 0.3 is 6.03 Å². The standard InChI is InChI=1S/C21H17BrN2O5/c1-3-9-29-17-8-7-13(11-18(17)28-2)10-16-19(25)23-21(27)24(20(16)26)15-6-4-5-14(22)12-15/h3-8,10-12H,1,9H2,2H3,(H,23,25,27)/b16-10+. The molecule has 0 radical (unpaired) electrons. The van der Waals surface area contributed by atoms with Crippen LogP contribution in [0.15, 0.2) is 65.2 Å². The van der Waals surface area contributed by atoms with Crippen LogP contribution in [0.25, 0.3) is 6.08 Å². The molecule has 1 aliphatic heterocycles. The number of hydrogen-bond donors (Lipinski definition) is 1. The molecular weight excluding hydrogens is 440 g/mol. The molecule has 3 rings (SSSR count). The highest BCUT2D eigenvalue weighted by Gasteiger charge is 2.36. The first-order valence-electron chi connectivity index (χ1n) is 8.53. The molecule has 0 spiro atoms. The number of barbiturate groups is 1. The number of amides is 4. The minimum atomic E-state index is -0.805. The number of anilines is 1. The zero-order chi connectivity index (χ0) is 21.0. The van der Waals surface area contributed by atoms with Crippen molar-refractivity contribution in [2.75, 3.05) is 18.6 Å². The number of carbonyl (C=O) groups is 3. The number of carbonyl (C=O) groups excluding carboxylic acids is 3. The molecule has 0 bridgehead atoms. The van der Waals surface area contributed by atoms with Crippen molar-refractivity contribution in [1.82, 2.24) is 5.32 Å². The molecule has 1 heterocycles. The summed E-state index contributed by atoms with van der Waals surface area (Å²) in [6.45, 7) is 3.90. The molecule has 1 aliphatic rings. The topological polar surface area (TPSA) is 84.9 Å². The third-order valence-electron chi connectivity index (χ3n) is 4.02. The number of halogens is 1. The molecule has 1 saturated heterocycles. The second kappa shape index (κ2) is 8.74. The molecule has 4 amide bonds. The molecule has 0 aromatic heterocycles. The Kier molecular flexibility index (Phi) is 6.13. The predicted octanol–water partition coefficient (Wildman–Crippen LogP) is 3.69. The van der Waals surface area contributed by atoms with Crippen LogP contribution in [-0.2, 0) is 9.59 Å². The van der Waals surface area contributed by atoms with Gasteiger partial charge in [-0.25, -0.2) is 9.69 Å². The SMILES string of the molecule is C=CCOc1ccc(/C=C2\C(=O)NC(=O)N(c3cccc(Br)c3)C2=O)cc1OC. The Morgan fingerprint density at radius 2 is 1.93 bits per heavy atom. The zero-order valence-corrected chi connectivity index (χ0v) is 17.1. The van der Waals surface area contributed by atoms with Gasteiger partial charge in [-0.05, 0) is 42.0 Å². The molecule has 2 aromatic carbocycles. The van der Waals surface area contributed by atoms with Gasteiger partial charge in [-0.1, -0.05) is 40.7 Å². The van der Waals surface area contributed by atoms with Crippen LogP contribution in [0.1, 0.15) is 5.56 Å². The van der Waals surface area contributed by atoms with Crippen molar-refractivity contribution < 1.29 is 23.9 Å². The van der Waals surface area contributed by atoms with Crippen LogP contribution in [0.3, 0.4) is 0 Å². The van der Waals surface area contributed by atoms with E-state index in [1.807, 2.05) is 0 Å². The monoisotopic (exact) mass is 456 g/mol. The summed E-state index contributed by atoms with van der Waals surface area (Å²) in [5, 5.41) is 2.19. The van der Waals surface area contributed by atoms with E-state index < -0.39 is 17.8 Å². The second-order valence-electron chi connectivity index (χ2n) is 5.95. The maximum atomic E-state index is 12.9. The van der Waals surface area contributed by atoms with Crippen LogP contribution in [0.2, 0.25) is 0 Å².